The van der Waals surface area contributed by atoms with Crippen molar-refractivity contribution in [2.75, 3.05) is 5.32 Å². The minimum absolute atomic E-state index is 0.0875. The van der Waals surface area contributed by atoms with Gasteiger partial charge in [0.05, 0.1) is 5.02 Å². The molecular weight excluding hydrogens is 357 g/mol. The summed E-state index contributed by atoms with van der Waals surface area (Å²) in [4.78, 5) is 27.3. The summed E-state index contributed by atoms with van der Waals surface area (Å²) in [5, 5.41) is 6.22. The molecule has 0 aliphatic rings. The van der Waals surface area contributed by atoms with Crippen molar-refractivity contribution in [2.24, 2.45) is 0 Å². The first-order chi connectivity index (χ1) is 12.4. The van der Waals surface area contributed by atoms with E-state index >= 15 is 0 Å². The van der Waals surface area contributed by atoms with Gasteiger partial charge in [0.15, 0.2) is 0 Å². The summed E-state index contributed by atoms with van der Waals surface area (Å²) in [5.41, 5.74) is 2.22. The van der Waals surface area contributed by atoms with Gasteiger partial charge in [-0.25, -0.2) is 4.39 Å². The van der Waals surface area contributed by atoms with E-state index in [4.69, 9.17) is 11.6 Å². The number of hydrogen-bond donors (Lipinski definition) is 3. The average Bonchev–Trinajstić information content (AvgIpc) is 3.00. The first-order valence-corrected chi connectivity index (χ1v) is 8.40. The fourth-order valence-electron chi connectivity index (χ4n) is 2.78. The van der Waals surface area contributed by atoms with Crippen LogP contribution in [0.1, 0.15) is 12.5 Å². The summed E-state index contributed by atoms with van der Waals surface area (Å²) in [7, 11) is 0. The second kappa shape index (κ2) is 7.58. The summed E-state index contributed by atoms with van der Waals surface area (Å²) in [6, 6.07) is 10.8. The molecule has 2 amide bonds. The maximum Gasteiger partial charge on any atom is 0.247 e. The molecule has 26 heavy (non-hydrogen) atoms. The van der Waals surface area contributed by atoms with Crippen LogP contribution in [-0.4, -0.2) is 22.8 Å². The quantitative estimate of drug-likeness (QED) is 0.638. The second-order valence-corrected chi connectivity index (χ2v) is 6.34. The van der Waals surface area contributed by atoms with Gasteiger partial charge in [-0.1, -0.05) is 29.8 Å². The number of aromatic nitrogens is 1. The van der Waals surface area contributed by atoms with Gasteiger partial charge in [-0.05, 0) is 29.8 Å². The monoisotopic (exact) mass is 373 g/mol. The molecule has 0 aliphatic heterocycles. The zero-order valence-electron chi connectivity index (χ0n) is 14.0. The summed E-state index contributed by atoms with van der Waals surface area (Å²) < 4.78 is 13.3. The van der Waals surface area contributed by atoms with Crippen LogP contribution < -0.4 is 10.6 Å². The van der Waals surface area contributed by atoms with Crippen molar-refractivity contribution in [1.82, 2.24) is 10.3 Å². The van der Waals surface area contributed by atoms with Gasteiger partial charge in [-0.3, -0.25) is 9.59 Å². The molecule has 3 N–H and O–H groups in total. The third-order valence-electron chi connectivity index (χ3n) is 3.98. The number of amides is 2. The predicted molar refractivity (Wildman–Crippen MR) is 99.6 cm³/mol. The number of rotatable bonds is 5. The summed E-state index contributed by atoms with van der Waals surface area (Å²) >= 11 is 5.74. The van der Waals surface area contributed by atoms with Crippen LogP contribution in [-0.2, 0) is 16.0 Å². The van der Waals surface area contributed by atoms with Gasteiger partial charge in [-0.2, -0.15) is 0 Å². The molecule has 3 aromatic rings. The third kappa shape index (κ3) is 4.03. The summed E-state index contributed by atoms with van der Waals surface area (Å²) in [5.74, 6) is -1.29. The number of aromatic amines is 1. The molecule has 3 rings (SSSR count). The van der Waals surface area contributed by atoms with Crippen LogP contribution in [0.25, 0.3) is 10.9 Å². The van der Waals surface area contributed by atoms with Gasteiger partial charge in [-0.15, -0.1) is 0 Å². The molecule has 0 spiro atoms. The molecule has 1 unspecified atom stereocenters. The Bertz CT molecular complexity index is 970. The van der Waals surface area contributed by atoms with Gasteiger partial charge in [0.2, 0.25) is 11.8 Å². The van der Waals surface area contributed by atoms with Crippen LogP contribution in [0.2, 0.25) is 5.02 Å². The lowest BCUT2D eigenvalue weighted by molar-refractivity contribution is -0.125. The molecule has 0 fully saturated rings. The first kappa shape index (κ1) is 17.9. The van der Waals surface area contributed by atoms with E-state index in [0.29, 0.717) is 12.1 Å². The molecule has 1 atom stereocenters. The number of benzene rings is 2. The van der Waals surface area contributed by atoms with Gasteiger partial charge in [0.1, 0.15) is 11.9 Å². The van der Waals surface area contributed by atoms with E-state index in [9.17, 15) is 14.0 Å². The smallest absolute Gasteiger partial charge is 0.247 e. The standard InChI is InChI=1S/C19H17ClFN3O2/c1-11(25)23-18(8-12-10-22-17-5-3-2-4-14(12)17)19(26)24-13-6-7-16(21)15(20)9-13/h2-7,9-10,18,22H,8H2,1H3,(H,23,25)(H,24,26). The molecule has 0 radical (unpaired) electrons. The van der Waals surface area contributed by atoms with Crippen molar-refractivity contribution in [3.63, 3.8) is 0 Å². The van der Waals surface area contributed by atoms with E-state index in [-0.39, 0.29) is 10.9 Å². The van der Waals surface area contributed by atoms with Crippen LogP contribution in [0.3, 0.4) is 0 Å². The van der Waals surface area contributed by atoms with Crippen LogP contribution >= 0.6 is 11.6 Å². The topological polar surface area (TPSA) is 74.0 Å². The summed E-state index contributed by atoms with van der Waals surface area (Å²) in [6.45, 7) is 1.35. The molecule has 0 aliphatic carbocycles. The number of halogens is 2. The van der Waals surface area contributed by atoms with Crippen molar-refractivity contribution in [1.29, 1.82) is 0 Å². The van der Waals surface area contributed by atoms with Crippen molar-refractivity contribution >= 4 is 40.0 Å². The number of carbonyl (C=O) groups excluding carboxylic acids is 2. The highest BCUT2D eigenvalue weighted by Crippen LogP contribution is 2.21. The highest BCUT2D eigenvalue weighted by molar-refractivity contribution is 6.31. The van der Waals surface area contributed by atoms with Crippen LogP contribution in [0, 0.1) is 5.82 Å². The number of H-pyrrole nitrogens is 1. The highest BCUT2D eigenvalue weighted by atomic mass is 35.5. The largest absolute Gasteiger partial charge is 0.361 e. The summed E-state index contributed by atoms with van der Waals surface area (Å²) in [6.07, 6.45) is 2.13. The minimum atomic E-state index is -0.782. The first-order valence-electron chi connectivity index (χ1n) is 8.02. The maximum atomic E-state index is 13.3. The molecule has 7 heteroatoms. The van der Waals surface area contributed by atoms with Gasteiger partial charge in [0.25, 0.3) is 0 Å². The van der Waals surface area contributed by atoms with E-state index in [1.54, 1.807) is 0 Å². The van der Waals surface area contributed by atoms with E-state index < -0.39 is 17.8 Å². The number of hydrogen-bond acceptors (Lipinski definition) is 2. The Balaban J connectivity index is 1.81. The van der Waals surface area contributed by atoms with Crippen molar-refractivity contribution in [3.8, 4) is 0 Å². The number of anilines is 1. The molecule has 1 heterocycles. The Morgan fingerprint density at radius 2 is 2.00 bits per heavy atom. The Hall–Kier alpha value is -2.86. The van der Waals surface area contributed by atoms with Gasteiger partial charge in [0, 0.05) is 36.1 Å². The SMILES string of the molecule is CC(=O)NC(Cc1c[nH]c2ccccc12)C(=O)Nc1ccc(F)c(Cl)c1. The van der Waals surface area contributed by atoms with E-state index in [0.717, 1.165) is 16.5 Å². The molecule has 0 saturated heterocycles. The van der Waals surface area contributed by atoms with Crippen LogP contribution in [0.4, 0.5) is 10.1 Å². The normalized spacial score (nSPS) is 12.0. The van der Waals surface area contributed by atoms with Crippen molar-refractivity contribution < 1.29 is 14.0 Å². The zero-order valence-corrected chi connectivity index (χ0v) is 14.7. The lowest BCUT2D eigenvalue weighted by atomic mass is 10.0. The molecule has 0 bridgehead atoms. The van der Waals surface area contributed by atoms with Crippen molar-refractivity contribution in [2.45, 2.75) is 19.4 Å². The third-order valence-corrected chi connectivity index (χ3v) is 4.27. The van der Waals surface area contributed by atoms with E-state index in [1.807, 2.05) is 30.5 Å². The van der Waals surface area contributed by atoms with E-state index in [2.05, 4.69) is 15.6 Å². The second-order valence-electron chi connectivity index (χ2n) is 5.93. The predicted octanol–water partition coefficient (Wildman–Crippen LogP) is 3.65. The molecule has 1 aromatic heterocycles. The Morgan fingerprint density at radius 1 is 1.23 bits per heavy atom. The number of nitrogens with one attached hydrogen (secondary N) is 3. The Labute approximate surface area is 154 Å². The molecule has 0 saturated carbocycles. The van der Waals surface area contributed by atoms with E-state index in [1.165, 1.54) is 25.1 Å². The van der Waals surface area contributed by atoms with Crippen molar-refractivity contribution in [3.05, 3.63) is 65.1 Å². The number of para-hydroxylation sites is 1. The number of fused-ring (bicyclic) bond motifs is 1. The van der Waals surface area contributed by atoms with Crippen LogP contribution in [0.5, 0.6) is 0 Å². The fraction of sp³-hybridized carbons (Fsp3) is 0.158. The van der Waals surface area contributed by atoms with Crippen LogP contribution in [0.15, 0.2) is 48.7 Å². The fourth-order valence-corrected chi connectivity index (χ4v) is 2.96. The lowest BCUT2D eigenvalue weighted by Crippen LogP contribution is -2.44. The maximum absolute atomic E-state index is 13.3. The Kier molecular flexibility index (Phi) is 5.23. The molecule has 134 valence electrons. The zero-order chi connectivity index (χ0) is 18.7. The van der Waals surface area contributed by atoms with Gasteiger partial charge < -0.3 is 15.6 Å². The highest BCUT2D eigenvalue weighted by Gasteiger charge is 2.22. The lowest BCUT2D eigenvalue weighted by Gasteiger charge is -2.17. The molecule has 5 nitrogen and oxygen atoms in total. The minimum Gasteiger partial charge on any atom is -0.361 e. The molecule has 2 aromatic carbocycles. The number of carbonyl (C=O) groups is 2. The average molecular weight is 374 g/mol. The Morgan fingerprint density at radius 3 is 2.73 bits per heavy atom. The van der Waals surface area contributed by atoms with Gasteiger partial charge >= 0.3 is 0 Å². The molecular formula is C19H17ClFN3O2.